The molecular weight excluding hydrogens is 292 g/mol. The largest absolute Gasteiger partial charge is 0.344 e. The van der Waals surface area contributed by atoms with Crippen LogP contribution in [0.2, 0.25) is 0 Å². The molecule has 0 saturated carbocycles. The molecule has 0 spiro atoms. The fourth-order valence-corrected chi connectivity index (χ4v) is 3.09. The molecule has 116 valence electrons. The standard InChI is InChI=1S/C22H20N2/c1-18-12-13-22-20(14-18)16-23(21-10-6-3-7-11-21)17-24(22)15-19-8-4-2-5-9-19/h2-16H,17H2,1H3/q+2/b24-15-. The lowest BCUT2D eigenvalue weighted by Gasteiger charge is -2.11. The quantitative estimate of drug-likeness (QED) is 0.615. The molecule has 3 aromatic rings. The monoisotopic (exact) mass is 312 g/mol. The predicted molar refractivity (Wildman–Crippen MR) is 99.1 cm³/mol. The number of nitrogens with zero attached hydrogens (tertiary/aromatic N) is 2. The van der Waals surface area contributed by atoms with Crippen molar-refractivity contribution in [1.29, 1.82) is 0 Å². The molecule has 1 aliphatic rings. The van der Waals surface area contributed by atoms with E-state index in [1.54, 1.807) is 0 Å². The summed E-state index contributed by atoms with van der Waals surface area (Å²) < 4.78 is 4.61. The Bertz CT molecular complexity index is 923. The van der Waals surface area contributed by atoms with E-state index in [0.29, 0.717) is 0 Å². The van der Waals surface area contributed by atoms with E-state index in [4.69, 9.17) is 0 Å². The zero-order valence-corrected chi connectivity index (χ0v) is 13.8. The molecule has 0 atom stereocenters. The van der Waals surface area contributed by atoms with Gasteiger partial charge in [0.15, 0.2) is 12.4 Å². The molecule has 0 aromatic heterocycles. The van der Waals surface area contributed by atoms with Crippen molar-refractivity contribution in [2.45, 2.75) is 6.92 Å². The maximum atomic E-state index is 2.32. The molecule has 1 heterocycles. The normalized spacial score (nSPS) is 15.0. The van der Waals surface area contributed by atoms with Gasteiger partial charge in [-0.05, 0) is 30.7 Å². The van der Waals surface area contributed by atoms with Crippen LogP contribution in [0, 0.1) is 6.92 Å². The molecule has 3 aromatic carbocycles. The van der Waals surface area contributed by atoms with E-state index in [0.717, 1.165) is 6.67 Å². The summed E-state index contributed by atoms with van der Waals surface area (Å²) in [6, 6.07) is 27.6. The molecule has 0 N–H and O–H groups in total. The molecule has 4 rings (SSSR count). The summed E-state index contributed by atoms with van der Waals surface area (Å²) in [6.07, 6.45) is 4.46. The van der Waals surface area contributed by atoms with Crippen molar-refractivity contribution in [2.75, 3.05) is 6.67 Å². The Morgan fingerprint density at radius 1 is 0.833 bits per heavy atom. The number of hydrogen-bond acceptors (Lipinski definition) is 0. The van der Waals surface area contributed by atoms with E-state index in [1.807, 2.05) is 0 Å². The number of hydrogen-bond donors (Lipinski definition) is 0. The minimum Gasteiger partial charge on any atom is -0.139 e. The zero-order valence-electron chi connectivity index (χ0n) is 13.8. The van der Waals surface area contributed by atoms with Crippen molar-refractivity contribution in [3.63, 3.8) is 0 Å². The third-order valence-electron chi connectivity index (χ3n) is 4.28. The van der Waals surface area contributed by atoms with Crippen molar-refractivity contribution in [3.05, 3.63) is 95.6 Å². The van der Waals surface area contributed by atoms with Crippen LogP contribution < -0.4 is 0 Å². The van der Waals surface area contributed by atoms with Crippen LogP contribution >= 0.6 is 0 Å². The van der Waals surface area contributed by atoms with Gasteiger partial charge in [-0.1, -0.05) is 42.5 Å². The van der Waals surface area contributed by atoms with Crippen LogP contribution in [0.15, 0.2) is 78.9 Å². The van der Waals surface area contributed by atoms with Gasteiger partial charge in [-0.2, -0.15) is 0 Å². The molecule has 0 fully saturated rings. The lowest BCUT2D eigenvalue weighted by Crippen LogP contribution is -2.26. The van der Waals surface area contributed by atoms with Gasteiger partial charge in [0.05, 0.1) is 0 Å². The first-order valence-electron chi connectivity index (χ1n) is 8.23. The van der Waals surface area contributed by atoms with Gasteiger partial charge < -0.3 is 0 Å². The second-order valence-electron chi connectivity index (χ2n) is 6.15. The smallest absolute Gasteiger partial charge is 0.139 e. The molecule has 0 unspecified atom stereocenters. The summed E-state index contributed by atoms with van der Waals surface area (Å²) in [5, 5.41) is 0. The minimum atomic E-state index is 0.801. The molecule has 0 radical (unpaired) electrons. The fraction of sp³-hybridized carbons (Fsp3) is 0.0909. The van der Waals surface area contributed by atoms with Crippen LogP contribution in [-0.4, -0.2) is 28.2 Å². The highest BCUT2D eigenvalue weighted by molar-refractivity contribution is 5.85. The summed E-state index contributed by atoms with van der Waals surface area (Å²) in [6.45, 7) is 2.94. The fourth-order valence-electron chi connectivity index (χ4n) is 3.09. The number of para-hydroxylation sites is 1. The molecule has 2 nitrogen and oxygen atoms in total. The first-order valence-corrected chi connectivity index (χ1v) is 8.23. The van der Waals surface area contributed by atoms with Gasteiger partial charge in [0.25, 0.3) is 0 Å². The SMILES string of the molecule is Cc1ccc2c(c1)C=[N+](c1ccccc1)C/[N+]2=C/c1ccccc1. The average Bonchev–Trinajstić information content (AvgIpc) is 2.63. The molecule has 0 bridgehead atoms. The van der Waals surface area contributed by atoms with E-state index in [2.05, 4.69) is 107 Å². The Hall–Kier alpha value is -3.00. The Labute approximate surface area is 142 Å². The van der Waals surface area contributed by atoms with E-state index >= 15 is 0 Å². The number of aryl methyl sites for hydroxylation is 1. The summed E-state index contributed by atoms with van der Waals surface area (Å²) >= 11 is 0. The number of rotatable bonds is 2. The number of fused-ring (bicyclic) bond motifs is 1. The van der Waals surface area contributed by atoms with Gasteiger partial charge in [0.1, 0.15) is 5.56 Å². The third-order valence-corrected chi connectivity index (χ3v) is 4.28. The van der Waals surface area contributed by atoms with Gasteiger partial charge in [0.2, 0.25) is 11.4 Å². The lowest BCUT2D eigenvalue weighted by atomic mass is 10.1. The highest BCUT2D eigenvalue weighted by Gasteiger charge is 2.28. The van der Waals surface area contributed by atoms with E-state index in [9.17, 15) is 0 Å². The van der Waals surface area contributed by atoms with Crippen LogP contribution in [0.3, 0.4) is 0 Å². The topological polar surface area (TPSA) is 6.02 Å². The second-order valence-corrected chi connectivity index (χ2v) is 6.15. The summed E-state index contributed by atoms with van der Waals surface area (Å²) in [4.78, 5) is 0. The molecule has 24 heavy (non-hydrogen) atoms. The van der Waals surface area contributed by atoms with Crippen LogP contribution in [-0.2, 0) is 0 Å². The lowest BCUT2D eigenvalue weighted by molar-refractivity contribution is -0.653. The van der Waals surface area contributed by atoms with Gasteiger partial charge in [-0.3, -0.25) is 0 Å². The maximum Gasteiger partial charge on any atom is 0.344 e. The summed E-state index contributed by atoms with van der Waals surface area (Å²) in [5.74, 6) is 0. The first-order chi connectivity index (χ1) is 11.8. The van der Waals surface area contributed by atoms with Crippen LogP contribution in [0.25, 0.3) is 0 Å². The highest BCUT2D eigenvalue weighted by Crippen LogP contribution is 2.24. The van der Waals surface area contributed by atoms with Gasteiger partial charge in [-0.25, -0.2) is 0 Å². The van der Waals surface area contributed by atoms with Crippen LogP contribution in [0.1, 0.15) is 16.7 Å². The molecule has 0 aliphatic carbocycles. The molecule has 2 heteroatoms. The molecule has 0 amide bonds. The predicted octanol–water partition coefficient (Wildman–Crippen LogP) is 4.49. The summed E-state index contributed by atoms with van der Waals surface area (Å²) in [7, 11) is 0. The Balaban J connectivity index is 1.85. The van der Waals surface area contributed by atoms with E-state index < -0.39 is 0 Å². The van der Waals surface area contributed by atoms with Crippen molar-refractivity contribution in [3.8, 4) is 0 Å². The Kier molecular flexibility index (Phi) is 3.80. The molecule has 1 aliphatic heterocycles. The zero-order chi connectivity index (χ0) is 16.4. The Morgan fingerprint density at radius 2 is 1.54 bits per heavy atom. The van der Waals surface area contributed by atoms with Gasteiger partial charge in [0, 0.05) is 23.8 Å². The van der Waals surface area contributed by atoms with Gasteiger partial charge >= 0.3 is 6.67 Å². The van der Waals surface area contributed by atoms with E-state index in [1.165, 1.54) is 28.1 Å². The van der Waals surface area contributed by atoms with Crippen molar-refractivity contribution >= 4 is 23.8 Å². The average molecular weight is 312 g/mol. The van der Waals surface area contributed by atoms with Crippen molar-refractivity contribution in [2.24, 2.45) is 0 Å². The van der Waals surface area contributed by atoms with Crippen LogP contribution in [0.5, 0.6) is 0 Å². The molecule has 0 saturated heterocycles. The minimum absolute atomic E-state index is 0.801. The highest BCUT2D eigenvalue weighted by atomic mass is 15.2. The second kappa shape index (κ2) is 6.25. The summed E-state index contributed by atoms with van der Waals surface area (Å²) in [5.41, 5.74) is 6.18. The van der Waals surface area contributed by atoms with Crippen molar-refractivity contribution in [1.82, 2.24) is 0 Å². The van der Waals surface area contributed by atoms with Crippen molar-refractivity contribution < 1.29 is 9.15 Å². The number of benzene rings is 3. The first kappa shape index (κ1) is 14.6. The van der Waals surface area contributed by atoms with Gasteiger partial charge in [-0.15, -0.1) is 9.15 Å². The third kappa shape index (κ3) is 2.91. The van der Waals surface area contributed by atoms with E-state index in [-0.39, 0.29) is 0 Å². The molecular formula is C22H20N2+2. The maximum absolute atomic E-state index is 2.32. The Morgan fingerprint density at radius 3 is 2.29 bits per heavy atom. The van der Waals surface area contributed by atoms with Crippen LogP contribution in [0.4, 0.5) is 11.4 Å².